The third-order valence-electron chi connectivity index (χ3n) is 20.6. The average molecular weight is 2050 g/mol. The van der Waals surface area contributed by atoms with E-state index in [9.17, 15) is 92.2 Å². The molecular formula is C89H108Cl7F21N8O7. The first-order valence-electron chi connectivity index (χ1n) is 41.6. The van der Waals surface area contributed by atoms with Crippen LogP contribution in [0.3, 0.4) is 0 Å². The number of ether oxygens (including phenoxy) is 7. The number of morpholine rings is 1. The van der Waals surface area contributed by atoms with Crippen LogP contribution in [-0.4, -0.2) is 197 Å². The fraction of sp³-hybridized carbons (Fsp3) is 0.528. The van der Waals surface area contributed by atoms with E-state index in [1.54, 1.807) is 62.6 Å². The highest BCUT2D eigenvalue weighted by atomic mass is 35.5. The first kappa shape index (κ1) is 116. The summed E-state index contributed by atoms with van der Waals surface area (Å²) >= 11 is 39.5. The van der Waals surface area contributed by atoms with Gasteiger partial charge in [-0.1, -0.05) is 95.1 Å². The summed E-state index contributed by atoms with van der Waals surface area (Å²) < 4.78 is 304. The number of rotatable bonds is 25. The van der Waals surface area contributed by atoms with Crippen LogP contribution in [0.15, 0.2) is 84.9 Å². The summed E-state index contributed by atoms with van der Waals surface area (Å²) in [7, 11) is 3.39. The molecule has 7 aromatic rings. The molecule has 0 bridgehead atoms. The van der Waals surface area contributed by atoms with Gasteiger partial charge in [0.25, 0.3) is 0 Å². The molecule has 0 radical (unpaired) electrons. The van der Waals surface area contributed by atoms with Crippen molar-refractivity contribution in [1.82, 2.24) is 35.6 Å². The highest BCUT2D eigenvalue weighted by Crippen LogP contribution is 2.46. The predicted molar refractivity (Wildman–Crippen MR) is 476 cm³/mol. The zero-order valence-corrected chi connectivity index (χ0v) is 79.5. The molecule has 0 unspecified atom stereocenters. The smallest absolute Gasteiger partial charge is 0.417 e. The van der Waals surface area contributed by atoms with Crippen LogP contribution in [0.1, 0.15) is 117 Å². The number of piperazine rings is 1. The second-order valence-corrected chi connectivity index (χ2v) is 33.4. The second-order valence-electron chi connectivity index (χ2n) is 30.5. The van der Waals surface area contributed by atoms with Crippen LogP contribution in [0.5, 0.6) is 34.5 Å². The monoisotopic (exact) mass is 2040 g/mol. The van der Waals surface area contributed by atoms with Crippen LogP contribution in [-0.2, 0) is 48.0 Å². The summed E-state index contributed by atoms with van der Waals surface area (Å²) in [6, 6.07) is 15.9. The molecule has 0 atom stereocenters. The van der Waals surface area contributed by atoms with Crippen molar-refractivity contribution in [3.8, 4) is 34.5 Å². The molecule has 4 saturated heterocycles. The lowest BCUT2D eigenvalue weighted by atomic mass is 10.1. The zero-order valence-electron chi connectivity index (χ0n) is 74.2. The minimum atomic E-state index is -4.45. The molecule has 0 spiro atoms. The Kier molecular flexibility index (Phi) is 47.3. The third kappa shape index (κ3) is 39.1. The highest BCUT2D eigenvalue weighted by molar-refractivity contribution is 6.33. The molecule has 0 aliphatic carbocycles. The Morgan fingerprint density at radius 2 is 0.614 bits per heavy atom. The lowest BCUT2D eigenvalue weighted by molar-refractivity contribution is -0.138. The van der Waals surface area contributed by atoms with Gasteiger partial charge in [-0.3, -0.25) is 14.7 Å². The van der Waals surface area contributed by atoms with Crippen LogP contribution in [0.2, 0.25) is 35.2 Å². The van der Waals surface area contributed by atoms with Crippen molar-refractivity contribution < 1.29 is 125 Å². The van der Waals surface area contributed by atoms with Crippen molar-refractivity contribution in [2.75, 3.05) is 177 Å². The minimum Gasteiger partial charge on any atom is -0.492 e. The summed E-state index contributed by atoms with van der Waals surface area (Å²) in [5, 5.41) is 9.82. The van der Waals surface area contributed by atoms with Gasteiger partial charge in [0, 0.05) is 84.7 Å². The SMILES string of the molecule is CCN(CC)CCOc1cc(Cl)c(C(F)(F)F)cc1C.CNCCOc1cc(Cl)c(C(F)(F)F)cc1C.CNc1cc(Cl)c(C(F)(F)F)cc1C.Cc1cc(C(F)(F)F)c(Cl)cc1OC1CCNCC1.Cc1cc(C(F)(F)F)c(Cl)cc1OCCN1CCCC1.Cc1cc(C(F)(F)F)c(Cl)cc1OCCN1CCNCC1.Cc1cc(C(F)(F)F)c(Cl)cc1OCCN1CCOCC1. The summed E-state index contributed by atoms with van der Waals surface area (Å²) in [5.41, 5.74) is -2.02. The maximum absolute atomic E-state index is 12.7. The van der Waals surface area contributed by atoms with E-state index in [2.05, 4.69) is 40.9 Å². The maximum Gasteiger partial charge on any atom is 0.417 e. The van der Waals surface area contributed by atoms with Gasteiger partial charge in [0.15, 0.2) is 0 Å². The zero-order chi connectivity index (χ0) is 99.0. The van der Waals surface area contributed by atoms with Gasteiger partial charge in [-0.05, 0) is 244 Å². The molecular weight excluding hydrogens is 1940 g/mol. The Morgan fingerprint density at radius 1 is 0.348 bits per heavy atom. The number of benzene rings is 7. The topological polar surface area (TPSA) is 126 Å². The molecule has 132 heavy (non-hydrogen) atoms. The third-order valence-corrected chi connectivity index (χ3v) is 22.8. The second kappa shape index (κ2) is 53.9. The number of likely N-dealkylation sites (N-methyl/N-ethyl adjacent to an activating group) is 2. The molecule has 4 aliphatic rings. The van der Waals surface area contributed by atoms with E-state index in [0.29, 0.717) is 138 Å². The molecule has 0 saturated carbocycles. The van der Waals surface area contributed by atoms with E-state index in [-0.39, 0.29) is 41.3 Å². The number of halogens is 28. The molecule has 4 N–H and O–H groups in total. The van der Waals surface area contributed by atoms with E-state index < -0.39 is 82.2 Å². The number of hydrogen-bond acceptors (Lipinski definition) is 15. The number of nitrogens with zero attached hydrogens (tertiary/aromatic N) is 4. The van der Waals surface area contributed by atoms with Gasteiger partial charge in [-0.2, -0.15) is 92.2 Å². The lowest BCUT2D eigenvalue weighted by Gasteiger charge is -2.27. The van der Waals surface area contributed by atoms with Crippen LogP contribution in [0.4, 0.5) is 97.9 Å². The van der Waals surface area contributed by atoms with E-state index in [4.69, 9.17) is 114 Å². The quantitative estimate of drug-likeness (QED) is 0.0320. The number of aryl methyl sites for hydroxylation is 7. The first-order valence-corrected chi connectivity index (χ1v) is 44.3. The Bertz CT molecular complexity index is 4550. The van der Waals surface area contributed by atoms with E-state index >= 15 is 0 Å². The van der Waals surface area contributed by atoms with Gasteiger partial charge < -0.3 is 59.3 Å². The first-order chi connectivity index (χ1) is 61.5. The summed E-state index contributed by atoms with van der Waals surface area (Å²) in [6.07, 6.45) is -26.9. The van der Waals surface area contributed by atoms with Gasteiger partial charge in [0.1, 0.15) is 73.6 Å². The van der Waals surface area contributed by atoms with Crippen molar-refractivity contribution in [3.05, 3.63) is 198 Å². The Morgan fingerprint density at radius 3 is 0.917 bits per heavy atom. The fourth-order valence-corrected chi connectivity index (χ4v) is 15.0. The molecule has 4 fully saturated rings. The fourth-order valence-electron chi connectivity index (χ4n) is 13.2. The molecule has 11 rings (SSSR count). The van der Waals surface area contributed by atoms with E-state index in [1.165, 1.54) is 55.3 Å². The number of alkyl halides is 21. The van der Waals surface area contributed by atoms with E-state index in [1.807, 2.05) is 13.8 Å². The molecule has 0 aromatic heterocycles. The van der Waals surface area contributed by atoms with Gasteiger partial charge in [0.2, 0.25) is 0 Å². The number of likely N-dealkylation sites (tertiary alicyclic amines) is 1. The number of anilines is 1. The van der Waals surface area contributed by atoms with Crippen molar-refractivity contribution in [3.63, 3.8) is 0 Å². The molecule has 4 aliphatic heterocycles. The van der Waals surface area contributed by atoms with Crippen LogP contribution in [0, 0.1) is 48.5 Å². The van der Waals surface area contributed by atoms with Gasteiger partial charge in [-0.25, -0.2) is 0 Å². The molecule has 742 valence electrons. The van der Waals surface area contributed by atoms with Crippen molar-refractivity contribution in [2.45, 2.75) is 137 Å². The number of nitrogens with one attached hydrogen (secondary N) is 4. The van der Waals surface area contributed by atoms with Crippen molar-refractivity contribution in [1.29, 1.82) is 0 Å². The molecule has 15 nitrogen and oxygen atoms in total. The number of hydrogen-bond donors (Lipinski definition) is 4. The molecule has 43 heteroatoms. The highest BCUT2D eigenvalue weighted by Gasteiger charge is 2.40. The average Bonchev–Trinajstić information content (AvgIpc) is 0.842. The molecule has 7 aromatic carbocycles. The van der Waals surface area contributed by atoms with E-state index in [0.717, 1.165) is 153 Å². The largest absolute Gasteiger partial charge is 0.492 e. The van der Waals surface area contributed by atoms with Crippen LogP contribution >= 0.6 is 81.2 Å². The standard InChI is InChI=1S/C14H18ClF3N2O.C14H17ClF3NO2.C14H17ClF3NO.C14H19ClF3NO.C13H15ClF3NO.C11H13ClF3NO.C9H9ClF3N/c1-10-8-11(14(16,17)18)12(15)9-13(10)21-7-6-20-4-2-19-3-5-20;1-10-8-11(14(16,17)18)12(15)9-13(10)21-7-4-19-2-5-20-6-3-19;1-10-8-11(14(16,17)18)12(15)9-13(10)20-7-6-19-4-2-3-5-19;1-4-19(5-2)6-7-20-13-9-12(15)11(8-10(13)3)14(16,17)18;1-8-6-10(13(15,16)17)11(14)7-12(8)19-9-2-4-18-5-3-9;1-7-5-8(11(13,14)15)9(12)6-10(7)17-4-3-16-2;1-5-3-6(9(11,12)13)7(10)4-8(5)14-2/h8-9,19H,2-7H2,1H3;8-9H,2-7H2,1H3;8-9H,2-7H2,1H3;8-9H,4-7H2,1-3H3;6-7,9,18H,2-5H2,1H3;5-6,16H,3-4H2,1-2H3;3-4,14H,1-2H3. The lowest BCUT2D eigenvalue weighted by Crippen LogP contribution is -2.44. The van der Waals surface area contributed by atoms with Crippen molar-refractivity contribution in [2.24, 2.45) is 0 Å². The molecule has 0 amide bonds. The van der Waals surface area contributed by atoms with Crippen molar-refractivity contribution >= 4 is 86.9 Å². The van der Waals surface area contributed by atoms with Gasteiger partial charge >= 0.3 is 43.2 Å². The predicted octanol–water partition coefficient (Wildman–Crippen LogP) is 25.6. The van der Waals surface area contributed by atoms with Crippen LogP contribution < -0.4 is 49.7 Å². The Labute approximate surface area is 790 Å². The summed E-state index contributed by atoms with van der Waals surface area (Å²) in [6.45, 7) is 33.4. The number of piperidine rings is 1. The Balaban J connectivity index is 0.000000273. The normalized spacial score (nSPS) is 15.0. The van der Waals surface area contributed by atoms with Gasteiger partial charge in [0.05, 0.1) is 87.3 Å². The Hall–Kier alpha value is -6.62. The van der Waals surface area contributed by atoms with Gasteiger partial charge in [-0.15, -0.1) is 0 Å². The maximum atomic E-state index is 12.7. The summed E-state index contributed by atoms with van der Waals surface area (Å²) in [4.78, 5) is 8.88. The molecule has 4 heterocycles. The minimum absolute atomic E-state index is 0.0350. The summed E-state index contributed by atoms with van der Waals surface area (Å²) in [5.74, 6) is 2.42. The van der Waals surface area contributed by atoms with Crippen LogP contribution in [0.25, 0.3) is 0 Å².